The molecule has 4 nitrogen and oxygen atoms in total. The van der Waals surface area contributed by atoms with Crippen LogP contribution < -0.4 is 4.74 Å². The number of phenols is 2. The molecule has 0 radical (unpaired) electrons. The molecular weight excluding hydrogens is 328 g/mol. The number of carbonyl (C=O) groups excluding carboxylic acids is 1. The number of allylic oxidation sites excluding steroid dienone is 5. The van der Waals surface area contributed by atoms with Gasteiger partial charge in [-0.1, -0.05) is 54.7 Å². The lowest BCUT2D eigenvalue weighted by Gasteiger charge is -2.04. The Hall–Kier alpha value is -3.53. The van der Waals surface area contributed by atoms with Crippen molar-refractivity contribution in [2.45, 2.75) is 6.92 Å². The van der Waals surface area contributed by atoms with Crippen molar-refractivity contribution >= 4 is 18.1 Å². The number of aromatic hydroxyl groups is 2. The number of hydrogen-bond donors (Lipinski definition) is 2. The lowest BCUT2D eigenvalue weighted by molar-refractivity contribution is -0.128. The van der Waals surface area contributed by atoms with E-state index < -0.39 is 5.97 Å². The molecule has 0 saturated carbocycles. The van der Waals surface area contributed by atoms with Crippen LogP contribution in [0.1, 0.15) is 18.1 Å². The smallest absolute Gasteiger partial charge is 0.336 e. The van der Waals surface area contributed by atoms with E-state index in [0.29, 0.717) is 5.56 Å². The number of hydrogen-bond acceptors (Lipinski definition) is 4. The molecule has 0 unspecified atom stereocenters. The van der Waals surface area contributed by atoms with Gasteiger partial charge in [-0.3, -0.25) is 0 Å². The van der Waals surface area contributed by atoms with Crippen LogP contribution in [-0.2, 0) is 4.79 Å². The molecule has 0 aliphatic carbocycles. The maximum atomic E-state index is 11.8. The summed E-state index contributed by atoms with van der Waals surface area (Å²) in [5.41, 5.74) is 1.57. The molecule has 0 atom stereocenters. The molecule has 0 spiro atoms. The fourth-order valence-corrected chi connectivity index (χ4v) is 2.06. The van der Waals surface area contributed by atoms with Crippen molar-refractivity contribution < 1.29 is 19.7 Å². The van der Waals surface area contributed by atoms with Crippen LogP contribution in [0.2, 0.25) is 0 Å². The van der Waals surface area contributed by atoms with Gasteiger partial charge in [-0.05, 0) is 42.3 Å². The second-order valence-corrected chi connectivity index (χ2v) is 5.38. The number of carbonyl (C=O) groups is 1. The van der Waals surface area contributed by atoms with Crippen molar-refractivity contribution in [1.82, 2.24) is 0 Å². The van der Waals surface area contributed by atoms with Gasteiger partial charge in [-0.2, -0.15) is 0 Å². The predicted octanol–water partition coefficient (Wildman–Crippen LogP) is 4.86. The average molecular weight is 348 g/mol. The van der Waals surface area contributed by atoms with Gasteiger partial charge in [0.15, 0.2) is 0 Å². The SMILES string of the molecule is CC=CC=CC=CC(=O)Oc1cc(O)cc(C=Cc2ccc(O)cc2)c1. The van der Waals surface area contributed by atoms with Gasteiger partial charge in [0.2, 0.25) is 0 Å². The summed E-state index contributed by atoms with van der Waals surface area (Å²) in [7, 11) is 0. The highest BCUT2D eigenvalue weighted by molar-refractivity contribution is 5.84. The maximum Gasteiger partial charge on any atom is 0.336 e. The van der Waals surface area contributed by atoms with Crippen LogP contribution >= 0.6 is 0 Å². The zero-order valence-electron chi connectivity index (χ0n) is 14.4. The minimum Gasteiger partial charge on any atom is -0.508 e. The van der Waals surface area contributed by atoms with E-state index in [0.717, 1.165) is 5.56 Å². The molecule has 0 aliphatic rings. The Kier molecular flexibility index (Phi) is 7.01. The summed E-state index contributed by atoms with van der Waals surface area (Å²) < 4.78 is 5.21. The van der Waals surface area contributed by atoms with Gasteiger partial charge >= 0.3 is 5.97 Å². The predicted molar refractivity (Wildman–Crippen MR) is 104 cm³/mol. The molecule has 2 N–H and O–H groups in total. The molecule has 0 aromatic heterocycles. The second kappa shape index (κ2) is 9.69. The average Bonchev–Trinajstić information content (AvgIpc) is 2.60. The van der Waals surface area contributed by atoms with E-state index in [2.05, 4.69) is 0 Å². The van der Waals surface area contributed by atoms with Crippen LogP contribution in [0.5, 0.6) is 17.2 Å². The maximum absolute atomic E-state index is 11.8. The molecule has 26 heavy (non-hydrogen) atoms. The lowest BCUT2D eigenvalue weighted by atomic mass is 10.1. The Labute approximate surface area is 152 Å². The summed E-state index contributed by atoms with van der Waals surface area (Å²) in [6.45, 7) is 1.90. The summed E-state index contributed by atoms with van der Waals surface area (Å²) in [6.07, 6.45) is 13.7. The molecule has 0 bridgehead atoms. The summed E-state index contributed by atoms with van der Waals surface area (Å²) in [5.74, 6) is -0.0865. The number of ether oxygens (including phenoxy) is 1. The topological polar surface area (TPSA) is 66.8 Å². The molecule has 0 amide bonds. The zero-order chi connectivity index (χ0) is 18.8. The highest BCUT2D eigenvalue weighted by Crippen LogP contribution is 2.24. The van der Waals surface area contributed by atoms with Crippen LogP contribution in [0.3, 0.4) is 0 Å². The third-order valence-corrected chi connectivity index (χ3v) is 3.25. The molecule has 0 fully saturated rings. The molecule has 0 heterocycles. The van der Waals surface area contributed by atoms with Crippen LogP contribution in [0.25, 0.3) is 12.2 Å². The number of phenolic OH excluding ortho intramolecular Hbond substituents is 2. The third-order valence-electron chi connectivity index (χ3n) is 3.25. The Balaban J connectivity index is 2.06. The number of esters is 1. The van der Waals surface area contributed by atoms with E-state index in [1.54, 1.807) is 60.7 Å². The molecule has 0 saturated heterocycles. The Morgan fingerprint density at radius 3 is 2.27 bits per heavy atom. The van der Waals surface area contributed by atoms with E-state index in [-0.39, 0.29) is 17.2 Å². The number of rotatable bonds is 6. The van der Waals surface area contributed by atoms with E-state index >= 15 is 0 Å². The first-order valence-corrected chi connectivity index (χ1v) is 8.06. The van der Waals surface area contributed by atoms with Crippen molar-refractivity contribution in [1.29, 1.82) is 0 Å². The zero-order valence-corrected chi connectivity index (χ0v) is 14.4. The van der Waals surface area contributed by atoms with Gasteiger partial charge < -0.3 is 14.9 Å². The second-order valence-electron chi connectivity index (χ2n) is 5.38. The minimum absolute atomic E-state index is 0.00221. The van der Waals surface area contributed by atoms with Crippen LogP contribution in [-0.4, -0.2) is 16.2 Å². The standard InChI is InChI=1S/C22H20O4/c1-2-3-4-5-6-7-22(25)26-21-15-18(14-20(24)16-21)9-8-17-10-12-19(23)13-11-17/h2-16,23-24H,1H3. The fraction of sp³-hybridized carbons (Fsp3) is 0.0455. The molecule has 132 valence electrons. The molecule has 2 aromatic rings. The van der Waals surface area contributed by atoms with Crippen molar-refractivity contribution in [3.8, 4) is 17.2 Å². The normalized spacial score (nSPS) is 11.9. The Bertz CT molecular complexity index is 856. The lowest BCUT2D eigenvalue weighted by Crippen LogP contribution is -2.03. The van der Waals surface area contributed by atoms with Gasteiger partial charge in [0.25, 0.3) is 0 Å². The molecule has 2 rings (SSSR count). The molecule has 2 aromatic carbocycles. The largest absolute Gasteiger partial charge is 0.508 e. The summed E-state index contributed by atoms with van der Waals surface area (Å²) in [6, 6.07) is 11.3. The Morgan fingerprint density at radius 1 is 0.846 bits per heavy atom. The van der Waals surface area contributed by atoms with E-state index in [4.69, 9.17) is 4.74 Å². The van der Waals surface area contributed by atoms with Gasteiger partial charge in [-0.15, -0.1) is 0 Å². The van der Waals surface area contributed by atoms with E-state index in [9.17, 15) is 15.0 Å². The van der Waals surface area contributed by atoms with Crippen LogP contribution in [0.15, 0.2) is 78.9 Å². The summed E-state index contributed by atoms with van der Waals surface area (Å²) >= 11 is 0. The minimum atomic E-state index is -0.533. The van der Waals surface area contributed by atoms with Crippen molar-refractivity contribution in [2.24, 2.45) is 0 Å². The van der Waals surface area contributed by atoms with Crippen LogP contribution in [0.4, 0.5) is 0 Å². The highest BCUT2D eigenvalue weighted by atomic mass is 16.5. The molecule has 0 aliphatic heterocycles. The summed E-state index contributed by atoms with van der Waals surface area (Å²) in [5, 5.41) is 19.1. The first-order valence-electron chi connectivity index (χ1n) is 8.06. The van der Waals surface area contributed by atoms with E-state index in [1.807, 2.05) is 25.2 Å². The fourth-order valence-electron chi connectivity index (χ4n) is 2.06. The first kappa shape index (κ1) is 18.8. The third kappa shape index (κ3) is 6.53. The quantitative estimate of drug-likeness (QED) is 0.257. The summed E-state index contributed by atoms with van der Waals surface area (Å²) in [4.78, 5) is 11.8. The molecular formula is C22H20O4. The monoisotopic (exact) mass is 348 g/mol. The Morgan fingerprint density at radius 2 is 1.54 bits per heavy atom. The van der Waals surface area contributed by atoms with Gasteiger partial charge in [0, 0.05) is 12.1 Å². The van der Waals surface area contributed by atoms with Crippen LogP contribution in [0, 0.1) is 0 Å². The van der Waals surface area contributed by atoms with Crippen molar-refractivity contribution in [3.63, 3.8) is 0 Å². The van der Waals surface area contributed by atoms with Gasteiger partial charge in [0.1, 0.15) is 17.2 Å². The van der Waals surface area contributed by atoms with E-state index in [1.165, 1.54) is 12.1 Å². The number of benzene rings is 2. The van der Waals surface area contributed by atoms with Gasteiger partial charge in [0.05, 0.1) is 0 Å². The highest BCUT2D eigenvalue weighted by Gasteiger charge is 2.03. The van der Waals surface area contributed by atoms with Gasteiger partial charge in [-0.25, -0.2) is 4.79 Å². The first-order chi connectivity index (χ1) is 12.6. The van der Waals surface area contributed by atoms with Crippen molar-refractivity contribution in [2.75, 3.05) is 0 Å². The van der Waals surface area contributed by atoms with Crippen molar-refractivity contribution in [3.05, 3.63) is 90.0 Å². The molecule has 4 heteroatoms.